The molecule has 216 valence electrons. The van der Waals surface area contributed by atoms with Gasteiger partial charge in [-0.3, -0.25) is 19.4 Å². The molecule has 2 saturated carbocycles. The van der Waals surface area contributed by atoms with Gasteiger partial charge in [-0.05, 0) is 86.6 Å². The highest BCUT2D eigenvalue weighted by atomic mass is 19.4. The summed E-state index contributed by atoms with van der Waals surface area (Å²) in [6.07, 6.45) is 1.45. The number of nitrogens with one attached hydrogen (secondary N) is 2. The fourth-order valence-electron chi connectivity index (χ4n) is 5.31. The molecule has 1 aromatic carbocycles. The first-order valence-electron chi connectivity index (χ1n) is 13.6. The van der Waals surface area contributed by atoms with Gasteiger partial charge in [0.15, 0.2) is 0 Å². The Morgan fingerprint density at radius 3 is 2.30 bits per heavy atom. The standard InChI is InChI=1S/C29H34F4N4O3/c1-4-22-20(6-5-13-34-22)26(38)36-25(24(17-7-8-17)18-9-10-18)27(39)35-23-12-11-19(14-21(23)30)16(2)28(40)37(3)15-29(31,32)33/h5-6,11-14,16-18,24-25H,4,7-10,15H2,1-3H3,(H,35,39)(H,36,38)/t16-,25-/m0/s1. The highest BCUT2D eigenvalue weighted by Crippen LogP contribution is 2.51. The number of amides is 3. The van der Waals surface area contributed by atoms with E-state index in [4.69, 9.17) is 0 Å². The Balaban J connectivity index is 1.52. The van der Waals surface area contributed by atoms with Crippen LogP contribution in [0.1, 0.15) is 67.1 Å². The number of aryl methyl sites for hydroxylation is 1. The molecular weight excluding hydrogens is 528 g/mol. The molecule has 2 fully saturated rings. The van der Waals surface area contributed by atoms with Crippen LogP contribution in [0, 0.1) is 23.6 Å². The lowest BCUT2D eigenvalue weighted by Crippen LogP contribution is -2.50. The van der Waals surface area contributed by atoms with Crippen molar-refractivity contribution >= 4 is 23.4 Å². The molecule has 2 atom stereocenters. The maximum atomic E-state index is 15.1. The van der Waals surface area contributed by atoms with Crippen LogP contribution in [0.3, 0.4) is 0 Å². The molecule has 0 aliphatic heterocycles. The Morgan fingerprint density at radius 1 is 1.10 bits per heavy atom. The second kappa shape index (κ2) is 11.9. The number of carbonyl (C=O) groups excluding carboxylic acids is 3. The van der Waals surface area contributed by atoms with Gasteiger partial charge in [-0.2, -0.15) is 13.2 Å². The summed E-state index contributed by atoms with van der Waals surface area (Å²) in [7, 11) is 1.04. The Hall–Kier alpha value is -3.50. The molecule has 0 bridgehead atoms. The first kappa shape index (κ1) is 29.5. The molecule has 2 N–H and O–H groups in total. The minimum atomic E-state index is -4.55. The lowest BCUT2D eigenvalue weighted by molar-refractivity contribution is -0.159. The van der Waals surface area contributed by atoms with E-state index in [0.29, 0.717) is 34.4 Å². The average Bonchev–Trinajstić information content (AvgIpc) is 3.83. The van der Waals surface area contributed by atoms with Gasteiger partial charge in [0.2, 0.25) is 11.8 Å². The van der Waals surface area contributed by atoms with Crippen molar-refractivity contribution in [3.8, 4) is 0 Å². The number of halogens is 4. The molecule has 4 rings (SSSR count). The van der Waals surface area contributed by atoms with Crippen molar-refractivity contribution in [1.29, 1.82) is 0 Å². The number of aromatic nitrogens is 1. The van der Waals surface area contributed by atoms with E-state index >= 15 is 4.39 Å². The molecule has 0 radical (unpaired) electrons. The number of carbonyl (C=O) groups is 3. The van der Waals surface area contributed by atoms with Gasteiger partial charge in [0.25, 0.3) is 5.91 Å². The molecule has 1 aromatic heterocycles. The summed E-state index contributed by atoms with van der Waals surface area (Å²) < 4.78 is 53.2. The van der Waals surface area contributed by atoms with Gasteiger partial charge < -0.3 is 15.5 Å². The quantitative estimate of drug-likeness (QED) is 0.374. The summed E-state index contributed by atoms with van der Waals surface area (Å²) in [4.78, 5) is 44.1. The number of rotatable bonds is 11. The number of hydrogen-bond donors (Lipinski definition) is 2. The number of benzene rings is 1. The monoisotopic (exact) mass is 562 g/mol. The molecular formula is C29H34F4N4O3. The minimum Gasteiger partial charge on any atom is -0.340 e. The van der Waals surface area contributed by atoms with Crippen LogP contribution in [0.2, 0.25) is 0 Å². The number of anilines is 1. The second-order valence-corrected chi connectivity index (χ2v) is 10.8. The zero-order valence-electron chi connectivity index (χ0n) is 22.7. The topological polar surface area (TPSA) is 91.4 Å². The minimum absolute atomic E-state index is 0.0742. The van der Waals surface area contributed by atoms with Crippen molar-refractivity contribution in [2.24, 2.45) is 17.8 Å². The lowest BCUT2D eigenvalue weighted by Gasteiger charge is -2.28. The fraction of sp³-hybridized carbons (Fsp3) is 0.517. The van der Waals surface area contributed by atoms with Gasteiger partial charge >= 0.3 is 6.18 Å². The van der Waals surface area contributed by atoms with E-state index in [9.17, 15) is 27.6 Å². The SMILES string of the molecule is CCc1ncccc1C(=O)N[C@H](C(=O)Nc1ccc([C@H](C)C(=O)N(C)CC(F)(F)F)cc1F)C(C1CC1)C1CC1. The molecule has 40 heavy (non-hydrogen) atoms. The van der Waals surface area contributed by atoms with Crippen molar-refractivity contribution in [2.75, 3.05) is 18.9 Å². The number of nitrogens with zero attached hydrogens (tertiary/aromatic N) is 2. The van der Waals surface area contributed by atoms with Crippen LogP contribution in [0.5, 0.6) is 0 Å². The highest BCUT2D eigenvalue weighted by Gasteiger charge is 2.48. The van der Waals surface area contributed by atoms with Crippen LogP contribution in [0.15, 0.2) is 36.5 Å². The number of alkyl halides is 3. The third kappa shape index (κ3) is 7.17. The zero-order valence-corrected chi connectivity index (χ0v) is 22.7. The van der Waals surface area contributed by atoms with Crippen LogP contribution in [-0.2, 0) is 16.0 Å². The van der Waals surface area contributed by atoms with Crippen molar-refractivity contribution < 1.29 is 31.9 Å². The van der Waals surface area contributed by atoms with Crippen LogP contribution in [0.25, 0.3) is 0 Å². The van der Waals surface area contributed by atoms with E-state index in [2.05, 4.69) is 15.6 Å². The smallest absolute Gasteiger partial charge is 0.340 e. The molecule has 0 unspecified atom stereocenters. The zero-order chi connectivity index (χ0) is 29.2. The average molecular weight is 563 g/mol. The van der Waals surface area contributed by atoms with Crippen molar-refractivity contribution in [3.63, 3.8) is 0 Å². The maximum absolute atomic E-state index is 15.1. The molecule has 0 spiro atoms. The van der Waals surface area contributed by atoms with Gasteiger partial charge in [0.1, 0.15) is 18.4 Å². The van der Waals surface area contributed by atoms with Crippen molar-refractivity contribution in [3.05, 3.63) is 59.2 Å². The normalized spacial score (nSPS) is 16.8. The van der Waals surface area contributed by atoms with Gasteiger partial charge in [-0.1, -0.05) is 13.0 Å². The predicted octanol–water partition coefficient (Wildman–Crippen LogP) is 5.08. The van der Waals surface area contributed by atoms with Crippen molar-refractivity contribution in [2.45, 2.75) is 64.1 Å². The van der Waals surface area contributed by atoms with Crippen LogP contribution in [0.4, 0.5) is 23.2 Å². The summed E-state index contributed by atoms with van der Waals surface area (Å²) in [5, 5.41) is 5.51. The second-order valence-electron chi connectivity index (χ2n) is 10.8. The predicted molar refractivity (Wildman–Crippen MR) is 141 cm³/mol. The molecule has 0 saturated heterocycles. The van der Waals surface area contributed by atoms with Gasteiger partial charge in [0.05, 0.1) is 22.9 Å². The summed E-state index contributed by atoms with van der Waals surface area (Å²) in [6, 6.07) is 6.16. The Labute approximate surface area is 230 Å². The van der Waals surface area contributed by atoms with Crippen LogP contribution < -0.4 is 10.6 Å². The molecule has 7 nitrogen and oxygen atoms in total. The Kier molecular flexibility index (Phi) is 8.80. The Bertz CT molecular complexity index is 1250. The fourth-order valence-corrected chi connectivity index (χ4v) is 5.31. The molecule has 1 heterocycles. The van der Waals surface area contributed by atoms with Crippen LogP contribution >= 0.6 is 0 Å². The van der Waals surface area contributed by atoms with E-state index < -0.39 is 48.2 Å². The van der Waals surface area contributed by atoms with Crippen molar-refractivity contribution in [1.82, 2.24) is 15.2 Å². The number of hydrogen-bond acceptors (Lipinski definition) is 4. The van der Waals surface area contributed by atoms with E-state index in [1.54, 1.807) is 18.3 Å². The maximum Gasteiger partial charge on any atom is 0.406 e. The molecule has 2 aliphatic carbocycles. The van der Waals surface area contributed by atoms with Gasteiger partial charge in [0, 0.05) is 13.2 Å². The molecule has 3 amide bonds. The molecule has 2 aromatic rings. The first-order valence-corrected chi connectivity index (χ1v) is 13.6. The van der Waals surface area contributed by atoms with Gasteiger partial charge in [-0.25, -0.2) is 4.39 Å². The Morgan fingerprint density at radius 2 is 1.75 bits per heavy atom. The third-order valence-electron chi connectivity index (χ3n) is 7.67. The summed E-state index contributed by atoms with van der Waals surface area (Å²) in [6.45, 7) is 1.87. The largest absolute Gasteiger partial charge is 0.406 e. The number of likely N-dealkylation sites (N-methyl/N-ethyl adjacent to an activating group) is 1. The molecule has 11 heteroatoms. The summed E-state index contributed by atoms with van der Waals surface area (Å²) >= 11 is 0. The van der Waals surface area contributed by atoms with E-state index in [1.807, 2.05) is 6.92 Å². The van der Waals surface area contributed by atoms with E-state index in [-0.39, 0.29) is 17.2 Å². The lowest BCUT2D eigenvalue weighted by atomic mass is 9.88. The van der Waals surface area contributed by atoms with E-state index in [0.717, 1.165) is 38.8 Å². The third-order valence-corrected chi connectivity index (χ3v) is 7.67. The highest BCUT2D eigenvalue weighted by molar-refractivity contribution is 6.02. The van der Waals surface area contributed by atoms with Crippen LogP contribution in [-0.4, -0.2) is 53.4 Å². The first-order chi connectivity index (χ1) is 18.9. The van der Waals surface area contributed by atoms with E-state index in [1.165, 1.54) is 19.1 Å². The van der Waals surface area contributed by atoms with Gasteiger partial charge in [-0.15, -0.1) is 0 Å². The molecule has 2 aliphatic rings. The number of pyridine rings is 1. The summed E-state index contributed by atoms with van der Waals surface area (Å²) in [5.74, 6) is -3.09. The summed E-state index contributed by atoms with van der Waals surface area (Å²) in [5.41, 5.74) is 1.03.